The van der Waals surface area contributed by atoms with Crippen LogP contribution in [-0.4, -0.2) is 29.9 Å². The summed E-state index contributed by atoms with van der Waals surface area (Å²) in [5, 5.41) is 3.34. The van der Waals surface area contributed by atoms with Crippen LogP contribution in [0.4, 0.5) is 11.4 Å². The molecule has 2 atom stereocenters. The van der Waals surface area contributed by atoms with Gasteiger partial charge in [0, 0.05) is 24.7 Å². The third-order valence-corrected chi connectivity index (χ3v) is 4.95. The van der Waals surface area contributed by atoms with Crippen molar-refractivity contribution in [3.8, 4) is 0 Å². The van der Waals surface area contributed by atoms with Gasteiger partial charge in [-0.15, -0.1) is 0 Å². The lowest BCUT2D eigenvalue weighted by atomic mass is 10.1. The molecule has 1 saturated carbocycles. The Bertz CT molecular complexity index is 534. The molecule has 1 heterocycles. The van der Waals surface area contributed by atoms with Gasteiger partial charge in [-0.25, -0.2) is 0 Å². The highest BCUT2D eigenvalue weighted by atomic mass is 35.5. The quantitative estimate of drug-likeness (QED) is 0.822. The summed E-state index contributed by atoms with van der Waals surface area (Å²) in [6, 6.07) is 5.92. The first kappa shape index (κ1) is 14.7. The summed E-state index contributed by atoms with van der Waals surface area (Å²) in [4.78, 5) is 14.5. The molecule has 5 heteroatoms. The Morgan fingerprint density at radius 1 is 1.43 bits per heavy atom. The fourth-order valence-electron chi connectivity index (χ4n) is 3.59. The molecule has 114 valence electrons. The van der Waals surface area contributed by atoms with Crippen molar-refractivity contribution in [1.29, 1.82) is 0 Å². The third kappa shape index (κ3) is 3.50. The predicted octanol–water partition coefficient (Wildman–Crippen LogP) is 3.13. The predicted molar refractivity (Wildman–Crippen MR) is 86.4 cm³/mol. The molecule has 4 nitrogen and oxygen atoms in total. The van der Waals surface area contributed by atoms with Crippen molar-refractivity contribution in [2.24, 2.45) is 5.92 Å². The van der Waals surface area contributed by atoms with Crippen LogP contribution in [0.1, 0.15) is 32.1 Å². The van der Waals surface area contributed by atoms with Crippen LogP contribution in [0.25, 0.3) is 0 Å². The SMILES string of the molecule is Nc1ccc(NC(=O)CCCN2CC3CCC2C3)c(Cl)c1. The minimum atomic E-state index is 0.0195. The second-order valence-corrected chi connectivity index (χ2v) is 6.63. The summed E-state index contributed by atoms with van der Waals surface area (Å²) in [7, 11) is 0. The molecule has 1 aromatic carbocycles. The smallest absolute Gasteiger partial charge is 0.224 e. The fourth-order valence-corrected chi connectivity index (χ4v) is 3.82. The number of rotatable bonds is 5. The highest BCUT2D eigenvalue weighted by molar-refractivity contribution is 6.34. The van der Waals surface area contributed by atoms with E-state index in [1.807, 2.05) is 0 Å². The van der Waals surface area contributed by atoms with E-state index in [4.69, 9.17) is 17.3 Å². The Morgan fingerprint density at radius 2 is 2.29 bits per heavy atom. The normalized spacial score (nSPS) is 24.4. The number of nitrogens with zero attached hydrogens (tertiary/aromatic N) is 1. The molecule has 3 N–H and O–H groups in total. The Labute approximate surface area is 130 Å². The van der Waals surface area contributed by atoms with Gasteiger partial charge in [0.25, 0.3) is 0 Å². The molecule has 3 rings (SSSR count). The number of fused-ring (bicyclic) bond motifs is 2. The van der Waals surface area contributed by atoms with Gasteiger partial charge in [0.15, 0.2) is 0 Å². The molecule has 21 heavy (non-hydrogen) atoms. The molecular formula is C16H22ClN3O. The van der Waals surface area contributed by atoms with E-state index in [0.29, 0.717) is 22.8 Å². The van der Waals surface area contributed by atoms with Crippen molar-refractivity contribution in [2.45, 2.75) is 38.1 Å². The van der Waals surface area contributed by atoms with Gasteiger partial charge in [-0.1, -0.05) is 11.6 Å². The van der Waals surface area contributed by atoms with Crippen molar-refractivity contribution in [1.82, 2.24) is 4.90 Å². The molecule has 2 fully saturated rings. The maximum absolute atomic E-state index is 12.0. The van der Waals surface area contributed by atoms with E-state index in [0.717, 1.165) is 24.9 Å². The number of nitrogens with one attached hydrogen (secondary N) is 1. The number of benzene rings is 1. The van der Waals surface area contributed by atoms with Crippen molar-refractivity contribution < 1.29 is 4.79 Å². The van der Waals surface area contributed by atoms with Crippen LogP contribution >= 0.6 is 11.6 Å². The maximum atomic E-state index is 12.0. The lowest BCUT2D eigenvalue weighted by Crippen LogP contribution is -2.33. The van der Waals surface area contributed by atoms with Crippen LogP contribution in [0.5, 0.6) is 0 Å². The second-order valence-electron chi connectivity index (χ2n) is 6.22. The van der Waals surface area contributed by atoms with Gasteiger partial charge in [-0.05, 0) is 56.3 Å². The van der Waals surface area contributed by atoms with Crippen LogP contribution in [0.2, 0.25) is 5.02 Å². The zero-order valence-electron chi connectivity index (χ0n) is 12.1. The topological polar surface area (TPSA) is 58.4 Å². The summed E-state index contributed by atoms with van der Waals surface area (Å²) < 4.78 is 0. The zero-order chi connectivity index (χ0) is 14.8. The Balaban J connectivity index is 1.42. The number of hydrogen-bond donors (Lipinski definition) is 2. The number of piperidine rings is 1. The molecular weight excluding hydrogens is 286 g/mol. The van der Waals surface area contributed by atoms with E-state index >= 15 is 0 Å². The molecule has 1 amide bonds. The number of carbonyl (C=O) groups excluding carboxylic acids is 1. The largest absolute Gasteiger partial charge is 0.399 e. The van der Waals surface area contributed by atoms with E-state index in [1.165, 1.54) is 25.8 Å². The Morgan fingerprint density at radius 3 is 2.95 bits per heavy atom. The van der Waals surface area contributed by atoms with Crippen molar-refractivity contribution in [3.63, 3.8) is 0 Å². The van der Waals surface area contributed by atoms with Crippen molar-refractivity contribution in [2.75, 3.05) is 24.1 Å². The zero-order valence-corrected chi connectivity index (χ0v) is 12.9. The van der Waals surface area contributed by atoms with E-state index in [2.05, 4.69) is 10.2 Å². The number of anilines is 2. The highest BCUT2D eigenvalue weighted by Gasteiger charge is 2.37. The molecule has 1 aliphatic carbocycles. The van der Waals surface area contributed by atoms with Gasteiger partial charge in [0.1, 0.15) is 0 Å². The van der Waals surface area contributed by atoms with Gasteiger partial charge in [-0.2, -0.15) is 0 Å². The van der Waals surface area contributed by atoms with Crippen LogP contribution in [-0.2, 0) is 4.79 Å². The molecule has 2 bridgehead atoms. The summed E-state index contributed by atoms with van der Waals surface area (Å²) in [6.45, 7) is 2.26. The summed E-state index contributed by atoms with van der Waals surface area (Å²) in [6.07, 6.45) is 5.55. The fraction of sp³-hybridized carbons (Fsp3) is 0.562. The van der Waals surface area contributed by atoms with E-state index in [9.17, 15) is 4.79 Å². The first-order chi connectivity index (χ1) is 10.1. The number of nitrogen functional groups attached to an aromatic ring is 1. The third-order valence-electron chi connectivity index (χ3n) is 4.64. The summed E-state index contributed by atoms with van der Waals surface area (Å²) >= 11 is 6.05. The molecule has 0 radical (unpaired) electrons. The molecule has 1 saturated heterocycles. The van der Waals surface area contributed by atoms with Gasteiger partial charge < -0.3 is 16.0 Å². The van der Waals surface area contributed by atoms with E-state index in [1.54, 1.807) is 18.2 Å². The van der Waals surface area contributed by atoms with E-state index < -0.39 is 0 Å². The highest BCUT2D eigenvalue weighted by Crippen LogP contribution is 2.37. The monoisotopic (exact) mass is 307 g/mol. The summed E-state index contributed by atoms with van der Waals surface area (Å²) in [5.41, 5.74) is 6.87. The van der Waals surface area contributed by atoms with Crippen LogP contribution in [0.15, 0.2) is 18.2 Å². The molecule has 0 spiro atoms. The first-order valence-electron chi connectivity index (χ1n) is 7.71. The molecule has 2 aliphatic rings. The number of hydrogen-bond acceptors (Lipinski definition) is 3. The molecule has 1 aromatic rings. The van der Waals surface area contributed by atoms with Gasteiger partial charge in [-0.3, -0.25) is 4.79 Å². The lowest BCUT2D eigenvalue weighted by molar-refractivity contribution is -0.116. The number of halogens is 1. The lowest BCUT2D eigenvalue weighted by Gasteiger charge is -2.26. The Kier molecular flexibility index (Phi) is 4.36. The maximum Gasteiger partial charge on any atom is 0.224 e. The Hall–Kier alpha value is -1.26. The number of carbonyl (C=O) groups is 1. The number of amides is 1. The van der Waals surface area contributed by atoms with Crippen LogP contribution in [0.3, 0.4) is 0 Å². The standard InChI is InChI=1S/C16H22ClN3O/c17-14-9-12(18)4-6-15(14)19-16(21)2-1-7-20-10-11-3-5-13(20)8-11/h4,6,9,11,13H,1-3,5,7-8,10,18H2,(H,19,21). The van der Waals surface area contributed by atoms with Gasteiger partial charge in [0.2, 0.25) is 5.91 Å². The number of nitrogens with two attached hydrogens (primary N) is 1. The van der Waals surface area contributed by atoms with Crippen LogP contribution < -0.4 is 11.1 Å². The minimum Gasteiger partial charge on any atom is -0.399 e. The molecule has 0 aromatic heterocycles. The average molecular weight is 308 g/mol. The van der Waals surface area contributed by atoms with Crippen molar-refractivity contribution >= 4 is 28.9 Å². The van der Waals surface area contributed by atoms with E-state index in [-0.39, 0.29) is 5.91 Å². The minimum absolute atomic E-state index is 0.0195. The van der Waals surface area contributed by atoms with Crippen molar-refractivity contribution in [3.05, 3.63) is 23.2 Å². The van der Waals surface area contributed by atoms with Crippen LogP contribution in [0, 0.1) is 5.92 Å². The average Bonchev–Trinajstić information content (AvgIpc) is 3.04. The molecule has 2 unspecified atom stereocenters. The van der Waals surface area contributed by atoms with Gasteiger partial charge >= 0.3 is 0 Å². The first-order valence-corrected chi connectivity index (χ1v) is 8.08. The number of likely N-dealkylation sites (tertiary alicyclic amines) is 1. The summed E-state index contributed by atoms with van der Waals surface area (Å²) in [5.74, 6) is 0.934. The van der Waals surface area contributed by atoms with Gasteiger partial charge in [0.05, 0.1) is 10.7 Å². The second kappa shape index (κ2) is 6.24. The molecule has 1 aliphatic heterocycles.